The van der Waals surface area contributed by atoms with Crippen LogP contribution in [0.3, 0.4) is 0 Å². The number of alkyl halides is 3. The van der Waals surface area contributed by atoms with Crippen LogP contribution in [-0.4, -0.2) is 14.1 Å². The molecule has 11 heteroatoms. The lowest BCUT2D eigenvalue weighted by atomic mass is 9.95. The molecule has 0 heterocycles. The maximum atomic E-state index is 13.3. The Labute approximate surface area is 171 Å². The Hall–Kier alpha value is -2.10. The van der Waals surface area contributed by atoms with Crippen LogP contribution in [0.25, 0.3) is 0 Å². The second-order valence-electron chi connectivity index (χ2n) is 5.60. The van der Waals surface area contributed by atoms with E-state index < -0.39 is 22.2 Å². The van der Waals surface area contributed by atoms with E-state index in [0.29, 0.717) is 10.8 Å². The fourth-order valence-corrected chi connectivity index (χ4v) is 2.34. The summed E-state index contributed by atoms with van der Waals surface area (Å²) >= 11 is 11.7. The molecule has 2 aromatic carbocycles. The molecule has 0 aliphatic carbocycles. The van der Waals surface area contributed by atoms with Crippen molar-refractivity contribution in [3.05, 3.63) is 63.6 Å². The maximum Gasteiger partial charge on any atom is 0.417 e. The summed E-state index contributed by atoms with van der Waals surface area (Å²) < 4.78 is 62.6. The second kappa shape index (κ2) is 10.4. The summed E-state index contributed by atoms with van der Waals surface area (Å²) in [6.07, 6.45) is -4.52. The molecule has 28 heavy (non-hydrogen) atoms. The van der Waals surface area contributed by atoms with E-state index in [-0.39, 0.29) is 22.2 Å². The Morgan fingerprint density at radius 1 is 1.07 bits per heavy atom. The van der Waals surface area contributed by atoms with Crippen LogP contribution in [0, 0.1) is 10.7 Å². The van der Waals surface area contributed by atoms with E-state index >= 15 is 0 Å². The highest BCUT2D eigenvalue weighted by Gasteiger charge is 2.35. The lowest BCUT2D eigenvalue weighted by Gasteiger charge is -2.17. The highest BCUT2D eigenvalue weighted by molar-refractivity contribution is 7.60. The van der Waals surface area contributed by atoms with Crippen molar-refractivity contribution in [1.82, 2.24) is 0 Å². The van der Waals surface area contributed by atoms with Gasteiger partial charge in [0.15, 0.2) is 5.75 Å². The third kappa shape index (κ3) is 7.87. The SMILES string of the molecule is CC(C)/C(=N\Oc1ccc(Cl)cc1)c1cc(Cl)ccc1C(F)(F)F.N=S(=O)=O. The molecule has 0 atom stereocenters. The Balaban J connectivity index is 0.000000892. The number of nitrogens with one attached hydrogen (secondary N) is 1. The first-order valence-electron chi connectivity index (χ1n) is 7.60. The van der Waals surface area contributed by atoms with Crippen LogP contribution in [0.5, 0.6) is 5.75 Å². The van der Waals surface area contributed by atoms with Crippen molar-refractivity contribution in [2.45, 2.75) is 20.0 Å². The fraction of sp³-hybridized carbons (Fsp3) is 0.235. The Morgan fingerprint density at radius 2 is 1.57 bits per heavy atom. The molecule has 1 N–H and O–H groups in total. The van der Waals surface area contributed by atoms with Gasteiger partial charge in [0.2, 0.25) is 0 Å². The van der Waals surface area contributed by atoms with Crippen LogP contribution in [-0.2, 0) is 16.7 Å². The van der Waals surface area contributed by atoms with Crippen molar-refractivity contribution in [3.63, 3.8) is 0 Å². The predicted molar refractivity (Wildman–Crippen MR) is 102 cm³/mol. The van der Waals surface area contributed by atoms with E-state index in [2.05, 4.69) is 5.16 Å². The Kier molecular flexibility index (Phi) is 8.93. The summed E-state index contributed by atoms with van der Waals surface area (Å²) in [6.45, 7) is 3.45. The van der Waals surface area contributed by atoms with Gasteiger partial charge in [-0.05, 0) is 48.4 Å². The van der Waals surface area contributed by atoms with Gasteiger partial charge in [-0.3, -0.25) is 0 Å². The molecule has 0 bridgehead atoms. The number of rotatable bonds is 4. The summed E-state index contributed by atoms with van der Waals surface area (Å²) in [5.74, 6) is 0.0602. The maximum absolute atomic E-state index is 13.3. The van der Waals surface area contributed by atoms with Crippen LogP contribution in [0.4, 0.5) is 13.2 Å². The minimum Gasteiger partial charge on any atom is -0.357 e. The summed E-state index contributed by atoms with van der Waals surface area (Å²) in [5.41, 5.74) is -0.752. The fourth-order valence-electron chi connectivity index (χ4n) is 2.04. The van der Waals surface area contributed by atoms with Gasteiger partial charge in [-0.15, -0.1) is 0 Å². The third-order valence-electron chi connectivity index (χ3n) is 3.17. The Morgan fingerprint density at radius 3 is 2.04 bits per heavy atom. The molecule has 0 saturated heterocycles. The monoisotopic (exact) mass is 454 g/mol. The molecule has 0 radical (unpaired) electrons. The van der Waals surface area contributed by atoms with Crippen molar-refractivity contribution in [2.24, 2.45) is 11.1 Å². The van der Waals surface area contributed by atoms with Gasteiger partial charge < -0.3 is 4.84 Å². The number of benzene rings is 2. The van der Waals surface area contributed by atoms with Crippen molar-refractivity contribution < 1.29 is 26.4 Å². The first-order chi connectivity index (χ1) is 12.9. The lowest BCUT2D eigenvalue weighted by Crippen LogP contribution is -2.18. The summed E-state index contributed by atoms with van der Waals surface area (Å²) in [4.78, 5) is 5.27. The molecule has 0 saturated carbocycles. The normalized spacial score (nSPS) is 11.6. The van der Waals surface area contributed by atoms with E-state index in [4.69, 9.17) is 41.2 Å². The van der Waals surface area contributed by atoms with E-state index in [1.807, 2.05) is 0 Å². The van der Waals surface area contributed by atoms with Crippen LogP contribution < -0.4 is 4.84 Å². The van der Waals surface area contributed by atoms with Gasteiger partial charge in [0.25, 0.3) is 0 Å². The molecule has 0 aromatic heterocycles. The van der Waals surface area contributed by atoms with Gasteiger partial charge in [0.05, 0.1) is 11.3 Å². The third-order valence-corrected chi connectivity index (χ3v) is 3.66. The smallest absolute Gasteiger partial charge is 0.357 e. The minimum atomic E-state index is -4.52. The first kappa shape index (κ1) is 23.9. The summed E-state index contributed by atoms with van der Waals surface area (Å²) in [7, 11) is -2.61. The van der Waals surface area contributed by atoms with Gasteiger partial charge in [-0.1, -0.05) is 42.2 Å². The molecule has 2 aromatic rings. The zero-order valence-electron chi connectivity index (χ0n) is 14.6. The number of nitrogens with zero attached hydrogens (tertiary/aromatic N) is 1. The van der Waals surface area contributed by atoms with Crippen LogP contribution in [0.2, 0.25) is 10.0 Å². The molecular weight excluding hydrogens is 440 g/mol. The van der Waals surface area contributed by atoms with E-state index in [1.165, 1.54) is 12.1 Å². The minimum absolute atomic E-state index is 0.0982. The topological polar surface area (TPSA) is 79.6 Å². The van der Waals surface area contributed by atoms with E-state index in [1.54, 1.807) is 38.1 Å². The van der Waals surface area contributed by atoms with Crippen LogP contribution in [0.1, 0.15) is 25.0 Å². The molecule has 2 rings (SSSR count). The number of oxime groups is 1. The molecule has 0 aliphatic rings. The van der Waals surface area contributed by atoms with Crippen LogP contribution >= 0.6 is 23.2 Å². The molecule has 0 fully saturated rings. The van der Waals surface area contributed by atoms with Crippen molar-refractivity contribution >= 4 is 39.4 Å². The molecule has 0 aliphatic heterocycles. The van der Waals surface area contributed by atoms with Crippen LogP contribution in [0.15, 0.2) is 47.6 Å². The molecule has 0 amide bonds. The predicted octanol–water partition coefficient (Wildman–Crippen LogP) is 6.08. The average molecular weight is 455 g/mol. The summed E-state index contributed by atoms with van der Waals surface area (Å²) in [6, 6.07) is 9.74. The molecule has 5 nitrogen and oxygen atoms in total. The van der Waals surface area contributed by atoms with Gasteiger partial charge in [-0.25, -0.2) is 0 Å². The van der Waals surface area contributed by atoms with Gasteiger partial charge in [0, 0.05) is 15.6 Å². The highest BCUT2D eigenvalue weighted by Crippen LogP contribution is 2.34. The number of hydrogen-bond acceptors (Lipinski definition) is 5. The van der Waals surface area contributed by atoms with Crippen molar-refractivity contribution in [1.29, 1.82) is 4.78 Å². The standard InChI is InChI=1S/C17H14Cl2F3NO.HNO2S/c1-10(2)16(23-24-13-6-3-11(18)4-7-13)14-9-12(19)5-8-15(14)17(20,21)22;1-4(2)3/h3-10H,1-2H3;1H/b23-16+;. The second-order valence-corrected chi connectivity index (χ2v) is 6.94. The van der Waals surface area contributed by atoms with Gasteiger partial charge in [-0.2, -0.15) is 26.4 Å². The summed E-state index contributed by atoms with van der Waals surface area (Å²) in [5, 5.41) is 4.63. The van der Waals surface area contributed by atoms with E-state index in [0.717, 1.165) is 6.07 Å². The lowest BCUT2D eigenvalue weighted by molar-refractivity contribution is -0.137. The van der Waals surface area contributed by atoms with Gasteiger partial charge in [0.1, 0.15) is 0 Å². The Bertz CT molecular complexity index is 939. The molecule has 152 valence electrons. The zero-order chi connectivity index (χ0) is 21.5. The molecular formula is C17H15Cl2F3N2O3S. The highest BCUT2D eigenvalue weighted by atomic mass is 35.5. The zero-order valence-corrected chi connectivity index (χ0v) is 16.9. The van der Waals surface area contributed by atoms with Gasteiger partial charge >= 0.3 is 16.7 Å². The molecule has 0 unspecified atom stereocenters. The van der Waals surface area contributed by atoms with Crippen molar-refractivity contribution in [2.75, 3.05) is 0 Å². The average Bonchev–Trinajstić information content (AvgIpc) is 2.55. The van der Waals surface area contributed by atoms with Crippen molar-refractivity contribution in [3.8, 4) is 5.75 Å². The number of hydrogen-bond donors (Lipinski definition) is 1. The quantitative estimate of drug-likeness (QED) is 0.448. The largest absolute Gasteiger partial charge is 0.417 e. The number of halogens is 5. The van der Waals surface area contributed by atoms with E-state index in [9.17, 15) is 13.2 Å². The first-order valence-corrected chi connectivity index (χ1v) is 9.43. The molecule has 0 spiro atoms.